The lowest BCUT2D eigenvalue weighted by atomic mass is 10.2. The van der Waals surface area contributed by atoms with Crippen LogP contribution in [-0.2, 0) is 16.6 Å². The van der Waals surface area contributed by atoms with Crippen LogP contribution < -0.4 is 24.8 Å². The third-order valence-corrected chi connectivity index (χ3v) is 7.45. The fourth-order valence-electron chi connectivity index (χ4n) is 3.51. The molecular formula is C24H29N5O4S. The minimum absolute atomic E-state index is 0.222. The second kappa shape index (κ2) is 9.86. The summed E-state index contributed by atoms with van der Waals surface area (Å²) in [5.41, 5.74) is 4.32. The number of nitrogens with one attached hydrogen (secondary N) is 3. The second-order valence-electron chi connectivity index (χ2n) is 8.27. The number of hydrogen-bond acceptors (Lipinski definition) is 8. The van der Waals surface area contributed by atoms with Gasteiger partial charge in [0.15, 0.2) is 11.5 Å². The Morgan fingerprint density at radius 3 is 2.35 bits per heavy atom. The van der Waals surface area contributed by atoms with Gasteiger partial charge < -0.3 is 20.1 Å². The summed E-state index contributed by atoms with van der Waals surface area (Å²) in [6.45, 7) is 4.15. The van der Waals surface area contributed by atoms with Crippen molar-refractivity contribution in [1.82, 2.24) is 14.7 Å². The zero-order chi connectivity index (χ0) is 24.3. The van der Waals surface area contributed by atoms with Crippen molar-refractivity contribution < 1.29 is 17.9 Å². The number of hydrogen-bond donors (Lipinski definition) is 3. The molecule has 0 atom stereocenters. The first kappa shape index (κ1) is 23.8. The van der Waals surface area contributed by atoms with E-state index >= 15 is 0 Å². The number of sulfonamides is 1. The molecule has 0 saturated heterocycles. The summed E-state index contributed by atoms with van der Waals surface area (Å²) >= 11 is 0. The summed E-state index contributed by atoms with van der Waals surface area (Å²) in [4.78, 5) is 9.00. The van der Waals surface area contributed by atoms with E-state index in [0.29, 0.717) is 23.3 Å². The summed E-state index contributed by atoms with van der Waals surface area (Å²) in [5, 5.41) is 6.30. The predicted octanol–water partition coefficient (Wildman–Crippen LogP) is 4.18. The molecule has 34 heavy (non-hydrogen) atoms. The minimum Gasteiger partial charge on any atom is -0.493 e. The van der Waals surface area contributed by atoms with Gasteiger partial charge in [-0.2, -0.15) is 4.98 Å². The van der Waals surface area contributed by atoms with E-state index in [1.54, 1.807) is 20.4 Å². The van der Waals surface area contributed by atoms with Gasteiger partial charge in [0.25, 0.3) is 0 Å². The van der Waals surface area contributed by atoms with Crippen LogP contribution in [0.4, 0.5) is 23.1 Å². The molecule has 1 aliphatic carbocycles. The molecule has 1 aliphatic rings. The average Bonchev–Trinajstić information content (AvgIpc) is 3.67. The van der Waals surface area contributed by atoms with Crippen molar-refractivity contribution in [3.8, 4) is 11.5 Å². The maximum absolute atomic E-state index is 12.0. The maximum atomic E-state index is 12.0. The Kier molecular flexibility index (Phi) is 6.90. The quantitative estimate of drug-likeness (QED) is 0.393. The van der Waals surface area contributed by atoms with Crippen molar-refractivity contribution in [3.05, 3.63) is 59.3 Å². The topological polar surface area (TPSA) is 114 Å². The van der Waals surface area contributed by atoms with E-state index in [2.05, 4.69) is 25.3 Å². The van der Waals surface area contributed by atoms with Crippen molar-refractivity contribution in [1.29, 1.82) is 0 Å². The molecule has 9 nitrogen and oxygen atoms in total. The highest BCUT2D eigenvalue weighted by atomic mass is 32.2. The van der Waals surface area contributed by atoms with E-state index in [0.717, 1.165) is 40.9 Å². The number of ether oxygens (including phenoxy) is 2. The number of nitrogens with zero attached hydrogens (tertiary/aromatic N) is 2. The zero-order valence-electron chi connectivity index (χ0n) is 19.7. The highest BCUT2D eigenvalue weighted by Crippen LogP contribution is 2.35. The largest absolute Gasteiger partial charge is 0.493 e. The first-order chi connectivity index (χ1) is 16.3. The number of anilines is 4. The lowest BCUT2D eigenvalue weighted by Gasteiger charge is -2.14. The Hall–Kier alpha value is -3.37. The molecule has 10 heteroatoms. The normalized spacial score (nSPS) is 13.4. The summed E-state index contributed by atoms with van der Waals surface area (Å²) in [5.74, 6) is 2.40. The Balaban J connectivity index is 1.45. The van der Waals surface area contributed by atoms with Gasteiger partial charge in [-0.05, 0) is 56.0 Å². The summed E-state index contributed by atoms with van der Waals surface area (Å²) in [6.07, 6.45) is 3.24. The number of aromatic nitrogens is 2. The minimum atomic E-state index is -3.20. The average molecular weight is 484 g/mol. The van der Waals surface area contributed by atoms with Gasteiger partial charge in [0.2, 0.25) is 16.0 Å². The molecule has 1 saturated carbocycles. The third kappa shape index (κ3) is 5.57. The second-order valence-corrected chi connectivity index (χ2v) is 10.3. The fraction of sp³-hybridized carbons (Fsp3) is 0.333. The number of benzene rings is 2. The molecule has 3 N–H and O–H groups in total. The van der Waals surface area contributed by atoms with Gasteiger partial charge in [0.1, 0.15) is 5.82 Å². The molecule has 0 bridgehead atoms. The molecule has 0 radical (unpaired) electrons. The van der Waals surface area contributed by atoms with Crippen LogP contribution in [0.2, 0.25) is 0 Å². The van der Waals surface area contributed by atoms with Crippen LogP contribution in [0.25, 0.3) is 0 Å². The Labute approximate surface area is 200 Å². The van der Waals surface area contributed by atoms with Crippen molar-refractivity contribution >= 4 is 33.2 Å². The molecule has 3 aromatic rings. The summed E-state index contributed by atoms with van der Waals surface area (Å²) in [6, 6.07) is 11.3. The Morgan fingerprint density at radius 1 is 0.971 bits per heavy atom. The SMILES string of the molecule is COc1cc(Nc2ncc(C)c(Nc3ccc(CNS(=O)(=O)C4CC4)cc3)n2)cc(C)c1OC. The number of methoxy groups -OCH3 is 2. The molecule has 0 spiro atoms. The molecule has 180 valence electrons. The molecule has 1 fully saturated rings. The molecular weight excluding hydrogens is 454 g/mol. The van der Waals surface area contributed by atoms with Crippen molar-refractivity contribution in [2.75, 3.05) is 24.9 Å². The van der Waals surface area contributed by atoms with Crippen LogP contribution in [0.15, 0.2) is 42.6 Å². The van der Waals surface area contributed by atoms with Gasteiger partial charge in [-0.1, -0.05) is 12.1 Å². The molecule has 0 aliphatic heterocycles. The van der Waals surface area contributed by atoms with Crippen molar-refractivity contribution in [2.45, 2.75) is 38.5 Å². The Bertz CT molecular complexity index is 1280. The highest BCUT2D eigenvalue weighted by molar-refractivity contribution is 7.90. The lowest BCUT2D eigenvalue weighted by molar-refractivity contribution is 0.353. The van der Waals surface area contributed by atoms with Gasteiger partial charge >= 0.3 is 0 Å². The van der Waals surface area contributed by atoms with Crippen LogP contribution in [-0.4, -0.2) is 37.9 Å². The van der Waals surface area contributed by atoms with Crippen LogP contribution in [0.1, 0.15) is 29.5 Å². The van der Waals surface area contributed by atoms with Crippen LogP contribution >= 0.6 is 0 Å². The van der Waals surface area contributed by atoms with Crippen LogP contribution in [0.5, 0.6) is 11.5 Å². The van der Waals surface area contributed by atoms with E-state index in [1.165, 1.54) is 0 Å². The van der Waals surface area contributed by atoms with Gasteiger partial charge in [-0.25, -0.2) is 18.1 Å². The predicted molar refractivity (Wildman–Crippen MR) is 133 cm³/mol. The maximum Gasteiger partial charge on any atom is 0.229 e. The first-order valence-corrected chi connectivity index (χ1v) is 12.5. The highest BCUT2D eigenvalue weighted by Gasteiger charge is 2.35. The standard InChI is InChI=1S/C24H29N5O4S/c1-15-11-19(12-21(32-3)22(15)33-4)28-24-25-13-16(2)23(29-24)27-18-7-5-17(6-8-18)14-26-34(30,31)20-9-10-20/h5-8,11-13,20,26H,9-10,14H2,1-4H3,(H2,25,27,28,29). The lowest BCUT2D eigenvalue weighted by Crippen LogP contribution is -2.26. The first-order valence-electron chi connectivity index (χ1n) is 11.0. The van der Waals surface area contributed by atoms with Gasteiger partial charge in [0, 0.05) is 35.7 Å². The summed E-state index contributed by atoms with van der Waals surface area (Å²) in [7, 11) is 0.00951. The molecule has 1 heterocycles. The van der Waals surface area contributed by atoms with Gasteiger partial charge in [-0.3, -0.25) is 0 Å². The van der Waals surface area contributed by atoms with E-state index in [-0.39, 0.29) is 11.8 Å². The smallest absolute Gasteiger partial charge is 0.229 e. The Morgan fingerprint density at radius 2 is 1.71 bits per heavy atom. The fourth-order valence-corrected chi connectivity index (χ4v) is 4.87. The van der Waals surface area contributed by atoms with E-state index in [1.807, 2.05) is 50.2 Å². The number of rotatable bonds is 10. The molecule has 2 aromatic carbocycles. The summed E-state index contributed by atoms with van der Waals surface area (Å²) < 4.78 is 37.5. The number of aryl methyl sites for hydroxylation is 2. The van der Waals surface area contributed by atoms with Gasteiger partial charge in [-0.15, -0.1) is 0 Å². The van der Waals surface area contributed by atoms with E-state index < -0.39 is 10.0 Å². The van der Waals surface area contributed by atoms with Crippen LogP contribution in [0.3, 0.4) is 0 Å². The molecule has 0 unspecified atom stereocenters. The van der Waals surface area contributed by atoms with Crippen molar-refractivity contribution in [2.24, 2.45) is 0 Å². The molecule has 0 amide bonds. The van der Waals surface area contributed by atoms with E-state index in [4.69, 9.17) is 9.47 Å². The zero-order valence-corrected chi connectivity index (χ0v) is 20.5. The van der Waals surface area contributed by atoms with Gasteiger partial charge in [0.05, 0.1) is 19.5 Å². The van der Waals surface area contributed by atoms with Crippen molar-refractivity contribution in [3.63, 3.8) is 0 Å². The van der Waals surface area contributed by atoms with E-state index in [9.17, 15) is 8.42 Å². The van der Waals surface area contributed by atoms with Crippen LogP contribution in [0, 0.1) is 13.8 Å². The third-order valence-electron chi connectivity index (χ3n) is 5.55. The molecule has 1 aromatic heterocycles. The monoisotopic (exact) mass is 483 g/mol. The molecule has 4 rings (SSSR count).